The first-order valence-electron chi connectivity index (χ1n) is 4.70. The highest BCUT2D eigenvalue weighted by Crippen LogP contribution is 2.21. The van der Waals surface area contributed by atoms with E-state index in [1.165, 1.54) is 0 Å². The summed E-state index contributed by atoms with van der Waals surface area (Å²) >= 11 is 5.85. The van der Waals surface area contributed by atoms with E-state index in [4.69, 9.17) is 21.4 Å². The van der Waals surface area contributed by atoms with E-state index in [0.717, 1.165) is 11.3 Å². The second-order valence-electron chi connectivity index (χ2n) is 3.26. The molecule has 0 saturated heterocycles. The third-order valence-corrected chi connectivity index (χ3v) is 2.36. The third-order valence-electron chi connectivity index (χ3n) is 1.93. The molecule has 15 heavy (non-hydrogen) atoms. The van der Waals surface area contributed by atoms with Crippen LogP contribution in [0.4, 0.5) is 0 Å². The predicted octanol–water partition coefficient (Wildman–Crippen LogP) is 2.89. The quantitative estimate of drug-likeness (QED) is 0.789. The summed E-state index contributed by atoms with van der Waals surface area (Å²) in [5, 5.41) is 9.12. The van der Waals surface area contributed by atoms with E-state index in [1.54, 1.807) is 12.1 Å². The number of ether oxygens (including phenoxy) is 1. The third kappa shape index (κ3) is 4.21. The van der Waals surface area contributed by atoms with Gasteiger partial charge in [-0.05, 0) is 37.1 Å². The van der Waals surface area contributed by atoms with Crippen LogP contribution in [0.1, 0.15) is 18.4 Å². The van der Waals surface area contributed by atoms with Crippen molar-refractivity contribution in [3.8, 4) is 5.75 Å². The molecular weight excluding hydrogens is 216 g/mol. The maximum Gasteiger partial charge on any atom is 0.303 e. The molecule has 0 spiro atoms. The van der Waals surface area contributed by atoms with Crippen LogP contribution in [0.2, 0.25) is 5.02 Å². The molecule has 0 atom stereocenters. The van der Waals surface area contributed by atoms with E-state index >= 15 is 0 Å². The standard InChI is InChI=1S/C11H13ClO3/c1-8-7-9(4-5-10(8)12)15-6-2-3-11(13)14/h4-5,7H,2-3,6H2,1H3,(H,13,14). The van der Waals surface area contributed by atoms with Crippen molar-refractivity contribution in [2.75, 3.05) is 6.61 Å². The number of carboxylic acids is 1. The minimum atomic E-state index is -0.800. The molecule has 1 aromatic rings. The van der Waals surface area contributed by atoms with Gasteiger partial charge in [-0.3, -0.25) is 4.79 Å². The molecule has 0 radical (unpaired) electrons. The van der Waals surface area contributed by atoms with Crippen LogP contribution < -0.4 is 4.74 Å². The first-order chi connectivity index (χ1) is 7.09. The summed E-state index contributed by atoms with van der Waals surface area (Å²) in [6, 6.07) is 5.38. The molecule has 0 bridgehead atoms. The Kier molecular flexibility index (Phi) is 4.43. The van der Waals surface area contributed by atoms with Crippen molar-refractivity contribution in [2.24, 2.45) is 0 Å². The number of aliphatic carboxylic acids is 1. The minimum absolute atomic E-state index is 0.132. The summed E-state index contributed by atoms with van der Waals surface area (Å²) in [4.78, 5) is 10.2. The normalized spacial score (nSPS) is 10.0. The van der Waals surface area contributed by atoms with E-state index in [0.29, 0.717) is 18.1 Å². The summed E-state index contributed by atoms with van der Waals surface area (Å²) in [6.45, 7) is 2.31. The van der Waals surface area contributed by atoms with Gasteiger partial charge in [0.2, 0.25) is 0 Å². The monoisotopic (exact) mass is 228 g/mol. The fraction of sp³-hybridized carbons (Fsp3) is 0.364. The highest BCUT2D eigenvalue weighted by atomic mass is 35.5. The van der Waals surface area contributed by atoms with Crippen LogP contribution >= 0.6 is 11.6 Å². The Morgan fingerprint density at radius 3 is 2.87 bits per heavy atom. The number of hydrogen-bond donors (Lipinski definition) is 1. The van der Waals surface area contributed by atoms with Crippen molar-refractivity contribution in [2.45, 2.75) is 19.8 Å². The predicted molar refractivity (Wildman–Crippen MR) is 58.6 cm³/mol. The van der Waals surface area contributed by atoms with Gasteiger partial charge in [0.25, 0.3) is 0 Å². The van der Waals surface area contributed by atoms with Crippen molar-refractivity contribution >= 4 is 17.6 Å². The minimum Gasteiger partial charge on any atom is -0.494 e. The largest absolute Gasteiger partial charge is 0.494 e. The molecule has 4 heteroatoms. The van der Waals surface area contributed by atoms with Gasteiger partial charge in [0.05, 0.1) is 6.61 Å². The van der Waals surface area contributed by atoms with Gasteiger partial charge in [-0.1, -0.05) is 11.6 Å². The van der Waals surface area contributed by atoms with Gasteiger partial charge in [-0.2, -0.15) is 0 Å². The second-order valence-corrected chi connectivity index (χ2v) is 3.66. The van der Waals surface area contributed by atoms with Crippen LogP contribution in [0, 0.1) is 6.92 Å². The molecule has 0 aliphatic heterocycles. The second kappa shape index (κ2) is 5.61. The zero-order valence-electron chi connectivity index (χ0n) is 8.50. The maximum absolute atomic E-state index is 10.2. The van der Waals surface area contributed by atoms with Crippen molar-refractivity contribution in [3.05, 3.63) is 28.8 Å². The Bertz CT molecular complexity index is 350. The Morgan fingerprint density at radius 1 is 1.53 bits per heavy atom. The molecular formula is C11H13ClO3. The average Bonchev–Trinajstić information content (AvgIpc) is 2.18. The first kappa shape index (κ1) is 11.9. The summed E-state index contributed by atoms with van der Waals surface area (Å²) in [6.07, 6.45) is 0.642. The van der Waals surface area contributed by atoms with E-state index < -0.39 is 5.97 Å². The van der Waals surface area contributed by atoms with Gasteiger partial charge in [0, 0.05) is 11.4 Å². The number of carboxylic acid groups (broad SMARTS) is 1. The van der Waals surface area contributed by atoms with Gasteiger partial charge in [0.1, 0.15) is 5.75 Å². The Hall–Kier alpha value is -1.22. The summed E-state index contributed by atoms with van der Waals surface area (Å²) < 4.78 is 5.37. The lowest BCUT2D eigenvalue weighted by Crippen LogP contribution is -2.02. The molecule has 1 rings (SSSR count). The fourth-order valence-electron chi connectivity index (χ4n) is 1.12. The number of aryl methyl sites for hydroxylation is 1. The van der Waals surface area contributed by atoms with Gasteiger partial charge >= 0.3 is 5.97 Å². The molecule has 82 valence electrons. The van der Waals surface area contributed by atoms with Crippen LogP contribution in [0.5, 0.6) is 5.75 Å². The van der Waals surface area contributed by atoms with Gasteiger partial charge < -0.3 is 9.84 Å². The number of rotatable bonds is 5. The van der Waals surface area contributed by atoms with E-state index in [2.05, 4.69) is 0 Å². The van der Waals surface area contributed by atoms with Crippen molar-refractivity contribution in [1.29, 1.82) is 0 Å². The van der Waals surface area contributed by atoms with Crippen LogP contribution in [-0.2, 0) is 4.79 Å². The van der Waals surface area contributed by atoms with E-state index in [-0.39, 0.29) is 6.42 Å². The summed E-state index contributed by atoms with van der Waals surface area (Å²) in [7, 11) is 0. The summed E-state index contributed by atoms with van der Waals surface area (Å²) in [5.41, 5.74) is 0.951. The lowest BCUT2D eigenvalue weighted by molar-refractivity contribution is -0.137. The molecule has 0 amide bonds. The number of benzene rings is 1. The molecule has 0 saturated carbocycles. The SMILES string of the molecule is Cc1cc(OCCCC(=O)O)ccc1Cl. The average molecular weight is 229 g/mol. The Balaban J connectivity index is 2.38. The zero-order valence-corrected chi connectivity index (χ0v) is 9.25. The smallest absolute Gasteiger partial charge is 0.303 e. The van der Waals surface area contributed by atoms with Crippen molar-refractivity contribution < 1.29 is 14.6 Å². The molecule has 0 aliphatic rings. The molecule has 3 nitrogen and oxygen atoms in total. The molecule has 0 fully saturated rings. The fourth-order valence-corrected chi connectivity index (χ4v) is 1.24. The molecule has 0 heterocycles. The van der Waals surface area contributed by atoms with Gasteiger partial charge in [0.15, 0.2) is 0 Å². The number of hydrogen-bond acceptors (Lipinski definition) is 2. The number of halogens is 1. The first-order valence-corrected chi connectivity index (χ1v) is 5.08. The highest BCUT2D eigenvalue weighted by molar-refractivity contribution is 6.31. The molecule has 1 N–H and O–H groups in total. The van der Waals surface area contributed by atoms with Crippen LogP contribution in [0.15, 0.2) is 18.2 Å². The molecule has 0 aliphatic carbocycles. The topological polar surface area (TPSA) is 46.5 Å². The zero-order chi connectivity index (χ0) is 11.3. The lowest BCUT2D eigenvalue weighted by Gasteiger charge is -2.06. The molecule has 0 unspecified atom stereocenters. The highest BCUT2D eigenvalue weighted by Gasteiger charge is 2.00. The van der Waals surface area contributed by atoms with Crippen molar-refractivity contribution in [1.82, 2.24) is 0 Å². The number of carbonyl (C=O) groups is 1. The van der Waals surface area contributed by atoms with Crippen LogP contribution in [-0.4, -0.2) is 17.7 Å². The van der Waals surface area contributed by atoms with E-state index in [1.807, 2.05) is 13.0 Å². The van der Waals surface area contributed by atoms with Gasteiger partial charge in [-0.25, -0.2) is 0 Å². The van der Waals surface area contributed by atoms with Gasteiger partial charge in [-0.15, -0.1) is 0 Å². The lowest BCUT2D eigenvalue weighted by atomic mass is 10.2. The maximum atomic E-state index is 10.2. The molecule has 0 aromatic heterocycles. The van der Waals surface area contributed by atoms with Crippen LogP contribution in [0.3, 0.4) is 0 Å². The van der Waals surface area contributed by atoms with E-state index in [9.17, 15) is 4.79 Å². The summed E-state index contributed by atoms with van der Waals surface area (Å²) in [5.74, 6) is -0.0758. The van der Waals surface area contributed by atoms with Crippen molar-refractivity contribution in [3.63, 3.8) is 0 Å². The Morgan fingerprint density at radius 2 is 2.27 bits per heavy atom. The Labute approximate surface area is 93.6 Å². The van der Waals surface area contributed by atoms with Crippen LogP contribution in [0.25, 0.3) is 0 Å². The molecule has 1 aromatic carbocycles.